The molecule has 1 aliphatic heterocycles. The van der Waals surface area contributed by atoms with Crippen molar-refractivity contribution in [3.05, 3.63) is 42.5 Å². The van der Waals surface area contributed by atoms with E-state index in [0.717, 1.165) is 10.8 Å². The van der Waals surface area contributed by atoms with E-state index in [4.69, 9.17) is 4.74 Å². The molecule has 0 bridgehead atoms. The normalized spacial score (nSPS) is 18.3. The second kappa shape index (κ2) is 6.89. The third kappa shape index (κ3) is 4.34. The van der Waals surface area contributed by atoms with Crippen molar-refractivity contribution < 1.29 is 17.9 Å². The van der Waals surface area contributed by atoms with E-state index in [-0.39, 0.29) is 10.9 Å². The van der Waals surface area contributed by atoms with Gasteiger partial charge < -0.3 is 9.64 Å². The number of carbonyl (C=O) groups excluding carboxylic acids is 1. The molecule has 140 valence electrons. The van der Waals surface area contributed by atoms with E-state index in [1.165, 1.54) is 0 Å². The molecule has 7 heteroatoms. The Morgan fingerprint density at radius 1 is 1.15 bits per heavy atom. The molecule has 1 aliphatic rings. The minimum atomic E-state index is -3.65. The zero-order valence-corrected chi connectivity index (χ0v) is 16.0. The number of sulfonamides is 1. The Morgan fingerprint density at radius 2 is 1.85 bits per heavy atom. The summed E-state index contributed by atoms with van der Waals surface area (Å²) in [6.45, 7) is 6.20. The molecule has 6 nitrogen and oxygen atoms in total. The molecule has 0 unspecified atom stereocenters. The standard InChI is InChI=1S/C19H24N2O4S/c1-19(2,3)25-18(22)21-11-10-16(13-21)20-26(23,24)17-9-8-14-6-4-5-7-15(14)12-17/h4-9,12,16,20H,10-11,13H2,1-3H3/t16-/m0/s1. The minimum absolute atomic E-state index is 0.229. The van der Waals surface area contributed by atoms with Crippen molar-refractivity contribution in [2.75, 3.05) is 13.1 Å². The van der Waals surface area contributed by atoms with Crippen LogP contribution in [-0.4, -0.2) is 44.1 Å². The van der Waals surface area contributed by atoms with Crippen molar-refractivity contribution in [1.82, 2.24) is 9.62 Å². The summed E-state index contributed by atoms with van der Waals surface area (Å²) in [5, 5.41) is 1.86. The second-order valence-corrected chi connectivity index (χ2v) is 9.26. The van der Waals surface area contributed by atoms with Crippen molar-refractivity contribution in [2.24, 2.45) is 0 Å². The summed E-state index contributed by atoms with van der Waals surface area (Å²) in [6.07, 6.45) is 0.149. The Morgan fingerprint density at radius 3 is 2.54 bits per heavy atom. The average Bonchev–Trinajstić information content (AvgIpc) is 3.01. The van der Waals surface area contributed by atoms with Crippen LogP contribution in [0.5, 0.6) is 0 Å². The maximum absolute atomic E-state index is 12.7. The van der Waals surface area contributed by atoms with E-state index in [2.05, 4.69) is 4.72 Å². The van der Waals surface area contributed by atoms with Crippen LogP contribution < -0.4 is 4.72 Å². The smallest absolute Gasteiger partial charge is 0.410 e. The van der Waals surface area contributed by atoms with Gasteiger partial charge in [-0.3, -0.25) is 0 Å². The van der Waals surface area contributed by atoms with Crippen LogP contribution in [0.3, 0.4) is 0 Å². The summed E-state index contributed by atoms with van der Waals surface area (Å²) < 4.78 is 33.4. The minimum Gasteiger partial charge on any atom is -0.444 e. The Hall–Kier alpha value is -2.12. The Bertz CT molecular complexity index is 919. The highest BCUT2D eigenvalue weighted by Gasteiger charge is 2.32. The number of amides is 1. The second-order valence-electron chi connectivity index (χ2n) is 7.54. The lowest BCUT2D eigenvalue weighted by Crippen LogP contribution is -2.40. The van der Waals surface area contributed by atoms with Crippen LogP contribution >= 0.6 is 0 Å². The predicted octanol–water partition coefficient (Wildman–Crippen LogP) is 3.13. The lowest BCUT2D eigenvalue weighted by atomic mass is 10.1. The van der Waals surface area contributed by atoms with Crippen molar-refractivity contribution in [1.29, 1.82) is 0 Å². The largest absolute Gasteiger partial charge is 0.444 e. The molecule has 1 heterocycles. The Labute approximate surface area is 154 Å². The van der Waals surface area contributed by atoms with Crippen molar-refractivity contribution in [3.8, 4) is 0 Å². The van der Waals surface area contributed by atoms with Gasteiger partial charge in [0, 0.05) is 19.1 Å². The summed E-state index contributed by atoms with van der Waals surface area (Å²) >= 11 is 0. The highest BCUT2D eigenvalue weighted by molar-refractivity contribution is 7.89. The molecule has 0 aliphatic carbocycles. The van der Waals surface area contributed by atoms with Crippen molar-refractivity contribution in [2.45, 2.75) is 43.7 Å². The number of nitrogens with one attached hydrogen (secondary N) is 1. The fraction of sp³-hybridized carbons (Fsp3) is 0.421. The maximum Gasteiger partial charge on any atom is 0.410 e. The SMILES string of the molecule is CC(C)(C)OC(=O)N1CC[C@H](NS(=O)(=O)c2ccc3ccccc3c2)C1. The first-order chi connectivity index (χ1) is 12.1. The lowest BCUT2D eigenvalue weighted by molar-refractivity contribution is 0.0292. The van der Waals surface area contributed by atoms with Crippen LogP contribution in [0.15, 0.2) is 47.4 Å². The molecular formula is C19H24N2O4S. The van der Waals surface area contributed by atoms with E-state index in [0.29, 0.717) is 19.5 Å². The molecule has 0 spiro atoms. The van der Waals surface area contributed by atoms with Gasteiger partial charge in [0.2, 0.25) is 10.0 Å². The highest BCUT2D eigenvalue weighted by Crippen LogP contribution is 2.21. The van der Waals surface area contributed by atoms with Crippen LogP contribution in [-0.2, 0) is 14.8 Å². The van der Waals surface area contributed by atoms with Gasteiger partial charge >= 0.3 is 6.09 Å². The molecule has 1 fully saturated rings. The molecule has 2 aromatic carbocycles. The van der Waals surface area contributed by atoms with Gasteiger partial charge in [-0.1, -0.05) is 30.3 Å². The van der Waals surface area contributed by atoms with Crippen LogP contribution in [0.25, 0.3) is 10.8 Å². The molecule has 2 aromatic rings. The van der Waals surface area contributed by atoms with E-state index < -0.39 is 21.7 Å². The van der Waals surface area contributed by atoms with E-state index >= 15 is 0 Å². The lowest BCUT2D eigenvalue weighted by Gasteiger charge is -2.24. The molecule has 1 saturated heterocycles. The predicted molar refractivity (Wildman–Crippen MR) is 100 cm³/mol. The van der Waals surface area contributed by atoms with Crippen LogP contribution in [0.1, 0.15) is 27.2 Å². The number of hydrogen-bond donors (Lipinski definition) is 1. The number of rotatable bonds is 3. The molecule has 0 radical (unpaired) electrons. The van der Waals surface area contributed by atoms with Gasteiger partial charge in [-0.15, -0.1) is 0 Å². The van der Waals surface area contributed by atoms with Gasteiger partial charge in [0.25, 0.3) is 0 Å². The molecule has 1 N–H and O–H groups in total. The molecule has 0 aromatic heterocycles. The average molecular weight is 376 g/mol. The number of ether oxygens (including phenoxy) is 1. The van der Waals surface area contributed by atoms with Gasteiger partial charge in [-0.2, -0.15) is 0 Å². The summed E-state index contributed by atoms with van der Waals surface area (Å²) in [6, 6.07) is 12.4. The van der Waals surface area contributed by atoms with Gasteiger partial charge in [0.1, 0.15) is 5.60 Å². The number of nitrogens with zero attached hydrogens (tertiary/aromatic N) is 1. The zero-order chi connectivity index (χ0) is 18.9. The van der Waals surface area contributed by atoms with Crippen LogP contribution in [0.4, 0.5) is 4.79 Å². The number of fused-ring (bicyclic) bond motifs is 1. The number of hydrogen-bond acceptors (Lipinski definition) is 4. The summed E-state index contributed by atoms with van der Waals surface area (Å²) in [4.78, 5) is 13.9. The van der Waals surface area contributed by atoms with Crippen LogP contribution in [0.2, 0.25) is 0 Å². The first-order valence-corrected chi connectivity index (χ1v) is 10.1. The van der Waals surface area contributed by atoms with E-state index in [1.54, 1.807) is 43.9 Å². The van der Waals surface area contributed by atoms with E-state index in [9.17, 15) is 13.2 Å². The van der Waals surface area contributed by atoms with Gasteiger partial charge in [0.05, 0.1) is 4.90 Å². The van der Waals surface area contributed by atoms with Crippen LogP contribution in [0, 0.1) is 0 Å². The summed E-state index contributed by atoms with van der Waals surface area (Å²) in [7, 11) is -3.65. The number of carbonyl (C=O) groups is 1. The Balaban J connectivity index is 1.69. The van der Waals surface area contributed by atoms with Gasteiger partial charge in [-0.05, 0) is 50.1 Å². The zero-order valence-electron chi connectivity index (χ0n) is 15.2. The third-order valence-corrected chi connectivity index (χ3v) is 5.71. The molecule has 3 rings (SSSR count). The monoisotopic (exact) mass is 376 g/mol. The topological polar surface area (TPSA) is 75.7 Å². The number of likely N-dealkylation sites (tertiary alicyclic amines) is 1. The van der Waals surface area contributed by atoms with Gasteiger partial charge in [-0.25, -0.2) is 17.9 Å². The third-order valence-electron chi connectivity index (χ3n) is 4.19. The molecule has 1 amide bonds. The first-order valence-electron chi connectivity index (χ1n) is 8.63. The first kappa shape index (κ1) is 18.7. The fourth-order valence-corrected chi connectivity index (χ4v) is 4.27. The molecule has 0 saturated carbocycles. The maximum atomic E-state index is 12.7. The summed E-state index contributed by atoms with van der Waals surface area (Å²) in [5.74, 6) is 0. The quantitative estimate of drug-likeness (QED) is 0.893. The Kier molecular flexibility index (Phi) is 4.94. The molecule has 26 heavy (non-hydrogen) atoms. The van der Waals surface area contributed by atoms with Crippen molar-refractivity contribution in [3.63, 3.8) is 0 Å². The van der Waals surface area contributed by atoms with E-state index in [1.807, 2.05) is 24.3 Å². The van der Waals surface area contributed by atoms with Gasteiger partial charge in [0.15, 0.2) is 0 Å². The van der Waals surface area contributed by atoms with Crippen molar-refractivity contribution >= 4 is 26.9 Å². The molecule has 1 atom stereocenters. The summed E-state index contributed by atoms with van der Waals surface area (Å²) in [5.41, 5.74) is -0.570. The molecular weight excluding hydrogens is 352 g/mol. The highest BCUT2D eigenvalue weighted by atomic mass is 32.2. The number of benzene rings is 2. The fourth-order valence-electron chi connectivity index (χ4n) is 2.97.